The largest absolute Gasteiger partial charge is 0.396 e. The average molecular weight is 247 g/mol. The molecule has 0 radical (unpaired) electrons. The van der Waals surface area contributed by atoms with E-state index in [1.165, 1.54) is 22.0 Å². The number of halogens is 1. The van der Waals surface area contributed by atoms with E-state index in [1.54, 1.807) is 0 Å². The van der Waals surface area contributed by atoms with Crippen LogP contribution in [0.2, 0.25) is 0 Å². The number of nitrogens with two attached hydrogens (primary N) is 1. The third kappa shape index (κ3) is 1.48. The first kappa shape index (κ1) is 11.8. The van der Waals surface area contributed by atoms with Crippen LogP contribution in [0.5, 0.6) is 0 Å². The molecule has 3 aromatic rings. The molecule has 2 aromatic heterocycles. The zero-order chi connectivity index (χ0) is 11.3. The van der Waals surface area contributed by atoms with E-state index in [9.17, 15) is 0 Å². The van der Waals surface area contributed by atoms with Gasteiger partial charge in [0, 0.05) is 11.6 Å². The summed E-state index contributed by atoms with van der Waals surface area (Å²) in [5, 5.41) is 1.19. The third-order valence-electron chi connectivity index (χ3n) is 3.38. The second-order valence-electron chi connectivity index (χ2n) is 4.27. The molecule has 3 rings (SSSR count). The molecule has 2 heterocycles. The first-order valence-electron chi connectivity index (χ1n) is 5.44. The Balaban J connectivity index is 0.00000108. The molecule has 2 nitrogen and oxygen atoms in total. The predicted octanol–water partition coefficient (Wildman–Crippen LogP) is 3.71. The number of aromatic nitrogens is 1. The molecule has 0 aliphatic carbocycles. The number of rotatable bonds is 0. The van der Waals surface area contributed by atoms with Gasteiger partial charge in [0.25, 0.3) is 0 Å². The summed E-state index contributed by atoms with van der Waals surface area (Å²) in [6.07, 6.45) is 2.06. The lowest BCUT2D eigenvalue weighted by Crippen LogP contribution is -1.86. The van der Waals surface area contributed by atoms with Crippen LogP contribution in [0.25, 0.3) is 16.4 Å². The van der Waals surface area contributed by atoms with Crippen molar-refractivity contribution in [1.29, 1.82) is 0 Å². The number of benzene rings is 1. The first-order valence-corrected chi connectivity index (χ1v) is 5.44. The minimum absolute atomic E-state index is 0. The Hall–Kier alpha value is -1.67. The number of pyridine rings is 1. The Morgan fingerprint density at radius 2 is 1.76 bits per heavy atom. The monoisotopic (exact) mass is 246 g/mol. The molecule has 17 heavy (non-hydrogen) atoms. The second kappa shape index (κ2) is 3.97. The molecule has 0 fully saturated rings. The summed E-state index contributed by atoms with van der Waals surface area (Å²) in [5.41, 5.74) is 12.0. The smallest absolute Gasteiger partial charge is 0.0692 e. The molecule has 88 valence electrons. The second-order valence-corrected chi connectivity index (χ2v) is 4.27. The number of anilines is 1. The van der Waals surface area contributed by atoms with E-state index in [-0.39, 0.29) is 12.4 Å². The van der Waals surface area contributed by atoms with Gasteiger partial charge in [-0.05, 0) is 43.2 Å². The average Bonchev–Trinajstić information content (AvgIpc) is 2.59. The molecule has 0 amide bonds. The molecule has 0 spiro atoms. The van der Waals surface area contributed by atoms with Gasteiger partial charge in [0.1, 0.15) is 0 Å². The SMILES string of the molecule is Cc1ccc2c(c1C)c(N)c1ccccn12.Cl. The number of hydrogen-bond donors (Lipinski definition) is 1. The summed E-state index contributed by atoms with van der Waals surface area (Å²) >= 11 is 0. The highest BCUT2D eigenvalue weighted by molar-refractivity contribution is 6.04. The van der Waals surface area contributed by atoms with Gasteiger partial charge in [0.15, 0.2) is 0 Å². The summed E-state index contributed by atoms with van der Waals surface area (Å²) in [6, 6.07) is 10.4. The number of hydrogen-bond acceptors (Lipinski definition) is 1. The van der Waals surface area contributed by atoms with Crippen molar-refractivity contribution in [2.75, 3.05) is 5.73 Å². The summed E-state index contributed by atoms with van der Waals surface area (Å²) in [4.78, 5) is 0. The van der Waals surface area contributed by atoms with Crippen LogP contribution < -0.4 is 5.73 Å². The van der Waals surface area contributed by atoms with Gasteiger partial charge in [0.2, 0.25) is 0 Å². The minimum Gasteiger partial charge on any atom is -0.396 e. The maximum Gasteiger partial charge on any atom is 0.0692 e. The molecular weight excluding hydrogens is 232 g/mol. The topological polar surface area (TPSA) is 30.4 Å². The highest BCUT2D eigenvalue weighted by Gasteiger charge is 2.11. The predicted molar refractivity (Wildman–Crippen MR) is 76.0 cm³/mol. The molecule has 0 bridgehead atoms. The van der Waals surface area contributed by atoms with Crippen LogP contribution in [0, 0.1) is 13.8 Å². The molecule has 3 heteroatoms. The van der Waals surface area contributed by atoms with E-state index < -0.39 is 0 Å². The van der Waals surface area contributed by atoms with Crippen molar-refractivity contribution in [3.05, 3.63) is 47.7 Å². The maximum atomic E-state index is 6.22. The van der Waals surface area contributed by atoms with E-state index in [1.807, 2.05) is 12.1 Å². The third-order valence-corrected chi connectivity index (χ3v) is 3.38. The van der Waals surface area contributed by atoms with E-state index in [4.69, 9.17) is 5.73 Å². The molecule has 0 unspecified atom stereocenters. The van der Waals surface area contributed by atoms with Crippen molar-refractivity contribution in [2.45, 2.75) is 13.8 Å². The van der Waals surface area contributed by atoms with Gasteiger partial charge in [0.05, 0.1) is 16.7 Å². The van der Waals surface area contributed by atoms with Crippen LogP contribution in [0.4, 0.5) is 5.69 Å². The van der Waals surface area contributed by atoms with Crippen molar-refractivity contribution in [3.8, 4) is 0 Å². The molecule has 2 N–H and O–H groups in total. The molecule has 1 aromatic carbocycles. The Morgan fingerprint density at radius 3 is 2.53 bits per heavy atom. The lowest BCUT2D eigenvalue weighted by molar-refractivity contribution is 1.25. The van der Waals surface area contributed by atoms with Crippen molar-refractivity contribution in [2.24, 2.45) is 0 Å². The molecular formula is C14H15ClN2. The minimum atomic E-state index is 0. The molecule has 0 aliphatic rings. The van der Waals surface area contributed by atoms with Crippen LogP contribution in [-0.4, -0.2) is 4.40 Å². The highest BCUT2D eigenvalue weighted by atomic mass is 35.5. The Morgan fingerprint density at radius 1 is 1.00 bits per heavy atom. The maximum absolute atomic E-state index is 6.22. The van der Waals surface area contributed by atoms with Crippen molar-refractivity contribution in [3.63, 3.8) is 0 Å². The number of aryl methyl sites for hydroxylation is 2. The van der Waals surface area contributed by atoms with Gasteiger partial charge in [-0.25, -0.2) is 0 Å². The Kier molecular flexibility index (Phi) is 2.76. The number of fused-ring (bicyclic) bond motifs is 3. The lowest BCUT2D eigenvalue weighted by atomic mass is 10.0. The standard InChI is InChI=1S/C14H14N2.ClH/c1-9-6-7-11-13(10(9)2)14(15)12-5-3-4-8-16(11)12;/h3-8H,15H2,1-2H3;1H. The molecule has 0 saturated carbocycles. The lowest BCUT2D eigenvalue weighted by Gasteiger charge is -2.02. The van der Waals surface area contributed by atoms with Gasteiger partial charge >= 0.3 is 0 Å². The zero-order valence-electron chi connectivity index (χ0n) is 9.90. The normalized spacial score (nSPS) is 10.7. The number of nitrogens with zero attached hydrogens (tertiary/aromatic N) is 1. The van der Waals surface area contributed by atoms with Gasteiger partial charge < -0.3 is 10.1 Å². The molecule has 0 atom stereocenters. The quantitative estimate of drug-likeness (QED) is 0.644. The van der Waals surface area contributed by atoms with Crippen molar-refractivity contribution < 1.29 is 0 Å². The van der Waals surface area contributed by atoms with Crippen LogP contribution >= 0.6 is 12.4 Å². The Bertz CT molecular complexity index is 698. The van der Waals surface area contributed by atoms with Gasteiger partial charge in [-0.15, -0.1) is 12.4 Å². The van der Waals surface area contributed by atoms with Gasteiger partial charge in [-0.2, -0.15) is 0 Å². The van der Waals surface area contributed by atoms with E-state index in [0.29, 0.717) is 0 Å². The van der Waals surface area contributed by atoms with Gasteiger partial charge in [-0.1, -0.05) is 12.1 Å². The van der Waals surface area contributed by atoms with Crippen LogP contribution in [0.15, 0.2) is 36.5 Å². The Labute approximate surface area is 106 Å². The first-order chi connectivity index (χ1) is 7.70. The summed E-state index contributed by atoms with van der Waals surface area (Å²) < 4.78 is 2.15. The molecule has 0 aliphatic heterocycles. The fourth-order valence-corrected chi connectivity index (χ4v) is 2.34. The summed E-state index contributed by atoms with van der Waals surface area (Å²) in [5.74, 6) is 0. The van der Waals surface area contributed by atoms with Crippen LogP contribution in [0.3, 0.4) is 0 Å². The van der Waals surface area contributed by atoms with E-state index in [0.717, 1.165) is 11.2 Å². The summed E-state index contributed by atoms with van der Waals surface area (Å²) in [6.45, 7) is 4.25. The van der Waals surface area contributed by atoms with Crippen LogP contribution in [-0.2, 0) is 0 Å². The zero-order valence-corrected chi connectivity index (χ0v) is 10.7. The van der Waals surface area contributed by atoms with Crippen LogP contribution in [0.1, 0.15) is 11.1 Å². The van der Waals surface area contributed by atoms with Crippen molar-refractivity contribution in [1.82, 2.24) is 4.40 Å². The summed E-state index contributed by atoms with van der Waals surface area (Å²) in [7, 11) is 0. The van der Waals surface area contributed by atoms with E-state index in [2.05, 4.69) is 42.6 Å². The fraction of sp³-hybridized carbons (Fsp3) is 0.143. The number of nitrogen functional groups attached to an aromatic ring is 1. The highest BCUT2D eigenvalue weighted by Crippen LogP contribution is 2.32. The molecule has 0 saturated heterocycles. The van der Waals surface area contributed by atoms with Crippen molar-refractivity contribution >= 4 is 34.5 Å². The fourth-order valence-electron chi connectivity index (χ4n) is 2.34. The van der Waals surface area contributed by atoms with Gasteiger partial charge in [-0.3, -0.25) is 0 Å². The van der Waals surface area contributed by atoms with E-state index >= 15 is 0 Å².